The molecular formula is C13H15FN2O3. The maximum Gasteiger partial charge on any atom is 0.258 e. The third kappa shape index (κ3) is 3.01. The van der Waals surface area contributed by atoms with Crippen LogP contribution in [0.25, 0.3) is 0 Å². The Hall–Kier alpha value is -2.11. The summed E-state index contributed by atoms with van der Waals surface area (Å²) in [5, 5.41) is 11.8. The van der Waals surface area contributed by atoms with Crippen LogP contribution in [-0.4, -0.2) is 41.5 Å². The number of aromatic hydroxyl groups is 1. The first-order valence-electron chi connectivity index (χ1n) is 6.13. The van der Waals surface area contributed by atoms with Gasteiger partial charge in [0.15, 0.2) is 0 Å². The highest BCUT2D eigenvalue weighted by Crippen LogP contribution is 2.19. The molecule has 0 atom stereocenters. The number of carbonyl (C=O) groups is 2. The first kappa shape index (κ1) is 13.3. The van der Waals surface area contributed by atoms with Crippen molar-refractivity contribution < 1.29 is 19.1 Å². The number of halogens is 1. The molecule has 0 spiro atoms. The first-order chi connectivity index (χ1) is 9.09. The molecule has 2 N–H and O–H groups in total. The van der Waals surface area contributed by atoms with E-state index >= 15 is 0 Å². The molecule has 1 fully saturated rings. The second-order valence-corrected chi connectivity index (χ2v) is 4.40. The molecule has 0 aromatic heterocycles. The number of phenols is 1. The zero-order chi connectivity index (χ0) is 13.8. The van der Waals surface area contributed by atoms with Gasteiger partial charge in [0.2, 0.25) is 5.91 Å². The molecule has 0 bridgehead atoms. The van der Waals surface area contributed by atoms with Crippen molar-refractivity contribution in [3.05, 3.63) is 29.6 Å². The maximum absolute atomic E-state index is 13.4. The summed E-state index contributed by atoms with van der Waals surface area (Å²) >= 11 is 0. The fourth-order valence-corrected chi connectivity index (χ4v) is 2.06. The van der Waals surface area contributed by atoms with E-state index in [1.54, 1.807) is 4.90 Å². The van der Waals surface area contributed by atoms with Crippen LogP contribution in [0.1, 0.15) is 23.2 Å². The Morgan fingerprint density at radius 1 is 1.32 bits per heavy atom. The fourth-order valence-electron chi connectivity index (χ4n) is 2.06. The van der Waals surface area contributed by atoms with Crippen LogP contribution in [0.5, 0.6) is 5.75 Å². The summed E-state index contributed by atoms with van der Waals surface area (Å²) in [7, 11) is 0. The molecule has 1 aliphatic heterocycles. The molecule has 1 aliphatic rings. The van der Waals surface area contributed by atoms with E-state index in [1.165, 1.54) is 12.1 Å². The van der Waals surface area contributed by atoms with Crippen LogP contribution < -0.4 is 5.32 Å². The van der Waals surface area contributed by atoms with Crippen molar-refractivity contribution in [2.75, 3.05) is 19.6 Å². The number of rotatable bonds is 3. The smallest absolute Gasteiger partial charge is 0.258 e. The van der Waals surface area contributed by atoms with Gasteiger partial charge in [-0.15, -0.1) is 0 Å². The zero-order valence-corrected chi connectivity index (χ0v) is 10.4. The lowest BCUT2D eigenvalue weighted by Gasteiger charge is -2.15. The largest absolute Gasteiger partial charge is 0.507 e. The molecule has 0 saturated carbocycles. The molecule has 5 nitrogen and oxygen atoms in total. The zero-order valence-electron chi connectivity index (χ0n) is 10.4. The standard InChI is InChI=1S/C13H15FN2O3/c14-9-4-3-5-10(17)12(9)13(19)15-8-11(18)16-6-1-2-7-16/h3-5,17H,1-2,6-8H2,(H,15,19). The summed E-state index contributed by atoms with van der Waals surface area (Å²) in [4.78, 5) is 25.1. The van der Waals surface area contributed by atoms with Gasteiger partial charge in [0.1, 0.15) is 17.1 Å². The van der Waals surface area contributed by atoms with Crippen molar-refractivity contribution in [1.29, 1.82) is 0 Å². The van der Waals surface area contributed by atoms with Crippen molar-refractivity contribution in [3.8, 4) is 5.75 Å². The normalized spacial score (nSPS) is 14.5. The number of likely N-dealkylation sites (tertiary alicyclic amines) is 1. The number of hydrogen-bond donors (Lipinski definition) is 2. The van der Waals surface area contributed by atoms with Gasteiger partial charge in [-0.2, -0.15) is 0 Å². The minimum atomic E-state index is -0.814. The minimum Gasteiger partial charge on any atom is -0.507 e. The molecule has 1 heterocycles. The summed E-state index contributed by atoms with van der Waals surface area (Å²) in [5.74, 6) is -2.23. The monoisotopic (exact) mass is 266 g/mol. The van der Waals surface area contributed by atoms with E-state index in [2.05, 4.69) is 5.32 Å². The molecule has 102 valence electrons. The van der Waals surface area contributed by atoms with Gasteiger partial charge in [-0.1, -0.05) is 6.07 Å². The molecular weight excluding hydrogens is 251 g/mol. The number of hydrogen-bond acceptors (Lipinski definition) is 3. The Balaban J connectivity index is 1.96. The molecule has 0 radical (unpaired) electrons. The van der Waals surface area contributed by atoms with Crippen LogP contribution in [0, 0.1) is 5.82 Å². The Morgan fingerprint density at radius 2 is 2.00 bits per heavy atom. The molecule has 6 heteroatoms. The fraction of sp³-hybridized carbons (Fsp3) is 0.385. The SMILES string of the molecule is O=C(NCC(=O)N1CCCC1)c1c(O)cccc1F. The van der Waals surface area contributed by atoms with Gasteiger partial charge in [0.05, 0.1) is 6.54 Å². The molecule has 2 rings (SSSR count). The Labute approximate surface area is 110 Å². The molecule has 0 unspecified atom stereocenters. The van der Waals surface area contributed by atoms with Crippen molar-refractivity contribution >= 4 is 11.8 Å². The van der Waals surface area contributed by atoms with Gasteiger partial charge in [-0.05, 0) is 25.0 Å². The van der Waals surface area contributed by atoms with Gasteiger partial charge in [0, 0.05) is 13.1 Å². The van der Waals surface area contributed by atoms with Gasteiger partial charge in [-0.3, -0.25) is 9.59 Å². The van der Waals surface area contributed by atoms with Crippen molar-refractivity contribution in [2.24, 2.45) is 0 Å². The second-order valence-electron chi connectivity index (χ2n) is 4.40. The van der Waals surface area contributed by atoms with Crippen molar-refractivity contribution in [3.63, 3.8) is 0 Å². The van der Waals surface area contributed by atoms with E-state index in [4.69, 9.17) is 0 Å². The van der Waals surface area contributed by atoms with Crippen LogP contribution >= 0.6 is 0 Å². The van der Waals surface area contributed by atoms with Crippen LogP contribution in [0.2, 0.25) is 0 Å². The van der Waals surface area contributed by atoms with E-state index in [9.17, 15) is 19.1 Å². The van der Waals surface area contributed by atoms with Crippen LogP contribution in [0.3, 0.4) is 0 Å². The lowest BCUT2D eigenvalue weighted by molar-refractivity contribution is -0.129. The Bertz CT molecular complexity index is 478. The topological polar surface area (TPSA) is 69.6 Å². The highest BCUT2D eigenvalue weighted by molar-refractivity contribution is 5.98. The van der Waals surface area contributed by atoms with Crippen LogP contribution in [-0.2, 0) is 4.79 Å². The quantitative estimate of drug-likeness (QED) is 0.853. The van der Waals surface area contributed by atoms with E-state index in [1.807, 2.05) is 0 Å². The first-order valence-corrected chi connectivity index (χ1v) is 6.13. The van der Waals surface area contributed by atoms with Gasteiger partial charge in [-0.25, -0.2) is 4.39 Å². The Kier molecular flexibility index (Phi) is 3.99. The van der Waals surface area contributed by atoms with Gasteiger partial charge >= 0.3 is 0 Å². The molecule has 0 aliphatic carbocycles. The number of carbonyl (C=O) groups excluding carboxylic acids is 2. The summed E-state index contributed by atoms with van der Waals surface area (Å²) in [5.41, 5.74) is -0.434. The number of phenolic OH excluding ortho intramolecular Hbond substituents is 1. The lowest BCUT2D eigenvalue weighted by Crippen LogP contribution is -2.38. The highest BCUT2D eigenvalue weighted by Gasteiger charge is 2.20. The van der Waals surface area contributed by atoms with Crippen LogP contribution in [0.15, 0.2) is 18.2 Å². The average Bonchev–Trinajstić information content (AvgIpc) is 2.89. The Morgan fingerprint density at radius 3 is 2.63 bits per heavy atom. The summed E-state index contributed by atoms with van der Waals surface area (Å²) in [6.45, 7) is 1.20. The number of nitrogens with one attached hydrogen (secondary N) is 1. The number of nitrogens with zero attached hydrogens (tertiary/aromatic N) is 1. The number of benzene rings is 1. The third-order valence-corrected chi connectivity index (χ3v) is 3.08. The third-order valence-electron chi connectivity index (χ3n) is 3.08. The minimum absolute atomic E-state index is 0.188. The van der Waals surface area contributed by atoms with E-state index in [0.29, 0.717) is 13.1 Å². The molecule has 1 aromatic carbocycles. The molecule has 1 aromatic rings. The molecule has 1 saturated heterocycles. The summed E-state index contributed by atoms with van der Waals surface area (Å²) in [6, 6.07) is 3.61. The summed E-state index contributed by atoms with van der Waals surface area (Å²) < 4.78 is 13.4. The van der Waals surface area contributed by atoms with Crippen molar-refractivity contribution in [1.82, 2.24) is 10.2 Å². The van der Waals surface area contributed by atoms with Crippen molar-refractivity contribution in [2.45, 2.75) is 12.8 Å². The van der Waals surface area contributed by atoms with Gasteiger partial charge in [0.25, 0.3) is 5.91 Å². The number of amides is 2. The molecule has 2 amide bonds. The van der Waals surface area contributed by atoms with E-state index < -0.39 is 23.0 Å². The second kappa shape index (κ2) is 5.69. The summed E-state index contributed by atoms with van der Waals surface area (Å²) in [6.07, 6.45) is 1.93. The predicted octanol–water partition coefficient (Wildman–Crippen LogP) is 0.883. The maximum atomic E-state index is 13.4. The van der Waals surface area contributed by atoms with E-state index in [0.717, 1.165) is 18.9 Å². The van der Waals surface area contributed by atoms with Gasteiger partial charge < -0.3 is 15.3 Å². The average molecular weight is 266 g/mol. The lowest BCUT2D eigenvalue weighted by atomic mass is 10.1. The highest BCUT2D eigenvalue weighted by atomic mass is 19.1. The molecule has 19 heavy (non-hydrogen) atoms. The van der Waals surface area contributed by atoms with Crippen LogP contribution in [0.4, 0.5) is 4.39 Å². The van der Waals surface area contributed by atoms with E-state index in [-0.39, 0.29) is 12.5 Å². The predicted molar refractivity (Wildman–Crippen MR) is 66.2 cm³/mol.